The molecule has 0 aliphatic carbocycles. The minimum atomic E-state index is -3.27. The maximum absolute atomic E-state index is 12.1. The highest BCUT2D eigenvalue weighted by molar-refractivity contribution is 7.88. The van der Waals surface area contributed by atoms with Crippen molar-refractivity contribution in [3.63, 3.8) is 0 Å². The second-order valence-electron chi connectivity index (χ2n) is 4.83. The van der Waals surface area contributed by atoms with Gasteiger partial charge >= 0.3 is 0 Å². The zero-order valence-corrected chi connectivity index (χ0v) is 13.2. The Labute approximate surface area is 129 Å². The standard InChI is InChI=1S/C13H17ClN2O4S/c1-21(18,19)15-5-4-13(17)16-6-7-20-12-3-2-11(14)8-10(12)9-16/h2-3,8,15H,4-7,9H2,1H3. The molecular weight excluding hydrogens is 316 g/mol. The first-order valence-electron chi connectivity index (χ1n) is 6.49. The van der Waals surface area contributed by atoms with Gasteiger partial charge in [0.25, 0.3) is 0 Å². The maximum Gasteiger partial charge on any atom is 0.224 e. The lowest BCUT2D eigenvalue weighted by Crippen LogP contribution is -2.35. The van der Waals surface area contributed by atoms with E-state index in [1.165, 1.54) is 0 Å². The maximum atomic E-state index is 12.1. The number of carbonyl (C=O) groups excluding carboxylic acids is 1. The van der Waals surface area contributed by atoms with Gasteiger partial charge in [0.05, 0.1) is 12.8 Å². The Balaban J connectivity index is 1.99. The van der Waals surface area contributed by atoms with Crippen molar-refractivity contribution in [1.29, 1.82) is 0 Å². The molecule has 1 aliphatic heterocycles. The third kappa shape index (κ3) is 4.87. The number of ether oxygens (including phenoxy) is 1. The van der Waals surface area contributed by atoms with E-state index in [0.29, 0.717) is 24.7 Å². The largest absolute Gasteiger partial charge is 0.491 e. The lowest BCUT2D eigenvalue weighted by molar-refractivity contribution is -0.131. The van der Waals surface area contributed by atoms with Crippen LogP contribution in [-0.2, 0) is 21.4 Å². The number of sulfonamides is 1. The molecule has 8 heteroatoms. The highest BCUT2D eigenvalue weighted by Gasteiger charge is 2.20. The Bertz CT molecular complexity index is 633. The summed E-state index contributed by atoms with van der Waals surface area (Å²) in [5.41, 5.74) is 0.851. The van der Waals surface area contributed by atoms with Crippen LogP contribution in [0.4, 0.5) is 0 Å². The number of nitrogens with zero attached hydrogens (tertiary/aromatic N) is 1. The summed E-state index contributed by atoms with van der Waals surface area (Å²) in [6.45, 7) is 1.37. The molecule has 1 heterocycles. The fourth-order valence-electron chi connectivity index (χ4n) is 2.08. The van der Waals surface area contributed by atoms with Gasteiger partial charge in [-0.3, -0.25) is 4.79 Å². The van der Waals surface area contributed by atoms with Gasteiger partial charge in [0, 0.05) is 30.1 Å². The van der Waals surface area contributed by atoms with Gasteiger partial charge in [0.1, 0.15) is 12.4 Å². The first-order chi connectivity index (χ1) is 9.85. The van der Waals surface area contributed by atoms with Crippen LogP contribution in [0.3, 0.4) is 0 Å². The minimum Gasteiger partial charge on any atom is -0.491 e. The zero-order valence-electron chi connectivity index (χ0n) is 11.6. The second kappa shape index (κ2) is 6.64. The van der Waals surface area contributed by atoms with E-state index in [1.807, 2.05) is 0 Å². The monoisotopic (exact) mass is 332 g/mol. The molecule has 0 fully saturated rings. The number of carbonyl (C=O) groups is 1. The molecule has 0 radical (unpaired) electrons. The van der Waals surface area contributed by atoms with E-state index >= 15 is 0 Å². The summed E-state index contributed by atoms with van der Waals surface area (Å²) >= 11 is 5.96. The highest BCUT2D eigenvalue weighted by Crippen LogP contribution is 2.26. The van der Waals surface area contributed by atoms with Crippen molar-refractivity contribution in [1.82, 2.24) is 9.62 Å². The molecule has 0 saturated carbocycles. The van der Waals surface area contributed by atoms with Gasteiger partial charge in [0.2, 0.25) is 15.9 Å². The van der Waals surface area contributed by atoms with E-state index in [9.17, 15) is 13.2 Å². The molecule has 1 amide bonds. The van der Waals surface area contributed by atoms with Crippen LogP contribution in [0.5, 0.6) is 5.75 Å². The molecule has 0 aromatic heterocycles. The molecule has 0 unspecified atom stereocenters. The van der Waals surface area contributed by atoms with E-state index in [4.69, 9.17) is 16.3 Å². The first kappa shape index (κ1) is 16.1. The van der Waals surface area contributed by atoms with Gasteiger partial charge in [-0.1, -0.05) is 11.6 Å². The summed E-state index contributed by atoms with van der Waals surface area (Å²) in [4.78, 5) is 13.8. The summed E-state index contributed by atoms with van der Waals surface area (Å²) in [7, 11) is -3.27. The van der Waals surface area contributed by atoms with Crippen molar-refractivity contribution in [3.8, 4) is 5.75 Å². The van der Waals surface area contributed by atoms with Crippen molar-refractivity contribution >= 4 is 27.5 Å². The molecule has 21 heavy (non-hydrogen) atoms. The molecular formula is C13H17ClN2O4S. The van der Waals surface area contributed by atoms with E-state index < -0.39 is 10.0 Å². The van der Waals surface area contributed by atoms with Crippen molar-refractivity contribution in [2.75, 3.05) is 26.0 Å². The van der Waals surface area contributed by atoms with Crippen LogP contribution < -0.4 is 9.46 Å². The predicted octanol–water partition coefficient (Wildman–Crippen LogP) is 1.00. The summed E-state index contributed by atoms with van der Waals surface area (Å²) < 4.78 is 29.8. The zero-order chi connectivity index (χ0) is 15.5. The predicted molar refractivity (Wildman–Crippen MR) is 79.8 cm³/mol. The average Bonchev–Trinajstić information content (AvgIpc) is 2.58. The van der Waals surface area contributed by atoms with Gasteiger partial charge in [-0.05, 0) is 18.2 Å². The van der Waals surface area contributed by atoms with Crippen LogP contribution in [0.1, 0.15) is 12.0 Å². The molecule has 0 saturated heterocycles. The Morgan fingerprint density at radius 3 is 2.95 bits per heavy atom. The summed E-state index contributed by atoms with van der Waals surface area (Å²) in [6, 6.07) is 5.31. The van der Waals surface area contributed by atoms with Crippen LogP contribution in [0.15, 0.2) is 18.2 Å². The van der Waals surface area contributed by atoms with Gasteiger partial charge < -0.3 is 9.64 Å². The van der Waals surface area contributed by atoms with Crippen LogP contribution in [0.25, 0.3) is 0 Å². The van der Waals surface area contributed by atoms with Crippen LogP contribution in [-0.4, -0.2) is 45.2 Å². The Morgan fingerprint density at radius 1 is 1.48 bits per heavy atom. The number of fused-ring (bicyclic) bond motifs is 1. The Morgan fingerprint density at radius 2 is 2.24 bits per heavy atom. The van der Waals surface area contributed by atoms with Crippen molar-refractivity contribution in [3.05, 3.63) is 28.8 Å². The molecule has 6 nitrogen and oxygen atoms in total. The van der Waals surface area contributed by atoms with E-state index in [-0.39, 0.29) is 18.9 Å². The number of nitrogens with one attached hydrogen (secondary N) is 1. The summed E-state index contributed by atoms with van der Waals surface area (Å²) in [6.07, 6.45) is 1.18. The van der Waals surface area contributed by atoms with Gasteiger partial charge in [-0.25, -0.2) is 13.1 Å². The van der Waals surface area contributed by atoms with Crippen molar-refractivity contribution in [2.24, 2.45) is 0 Å². The lowest BCUT2D eigenvalue weighted by Gasteiger charge is -2.19. The molecule has 0 spiro atoms. The fraction of sp³-hybridized carbons (Fsp3) is 0.462. The number of rotatable bonds is 4. The van der Waals surface area contributed by atoms with Crippen LogP contribution in [0, 0.1) is 0 Å². The SMILES string of the molecule is CS(=O)(=O)NCCC(=O)N1CCOc2ccc(Cl)cc2C1. The van der Waals surface area contributed by atoms with Gasteiger partial charge in [0.15, 0.2) is 0 Å². The van der Waals surface area contributed by atoms with Crippen molar-refractivity contribution in [2.45, 2.75) is 13.0 Å². The molecule has 1 aromatic rings. The topological polar surface area (TPSA) is 75.7 Å². The Kier molecular flexibility index (Phi) is 5.08. The van der Waals surface area contributed by atoms with E-state index in [1.54, 1.807) is 23.1 Å². The van der Waals surface area contributed by atoms with E-state index in [0.717, 1.165) is 17.6 Å². The lowest BCUT2D eigenvalue weighted by atomic mass is 10.2. The molecule has 1 aliphatic rings. The molecule has 0 atom stereocenters. The highest BCUT2D eigenvalue weighted by atomic mass is 35.5. The fourth-order valence-corrected chi connectivity index (χ4v) is 2.74. The third-order valence-corrected chi connectivity index (χ3v) is 4.02. The number of benzene rings is 1. The number of hydrogen-bond donors (Lipinski definition) is 1. The van der Waals surface area contributed by atoms with Crippen LogP contribution in [0.2, 0.25) is 5.02 Å². The Hall–Kier alpha value is -1.31. The van der Waals surface area contributed by atoms with Crippen molar-refractivity contribution < 1.29 is 17.9 Å². The molecule has 1 aromatic carbocycles. The summed E-state index contributed by atoms with van der Waals surface area (Å²) in [5, 5.41) is 0.588. The smallest absolute Gasteiger partial charge is 0.224 e. The van der Waals surface area contributed by atoms with Gasteiger partial charge in [-0.15, -0.1) is 0 Å². The minimum absolute atomic E-state index is 0.0947. The number of hydrogen-bond acceptors (Lipinski definition) is 4. The molecule has 116 valence electrons. The third-order valence-electron chi connectivity index (χ3n) is 3.06. The first-order valence-corrected chi connectivity index (χ1v) is 8.76. The molecule has 0 bridgehead atoms. The molecule has 2 rings (SSSR count). The van der Waals surface area contributed by atoms with E-state index in [2.05, 4.69) is 4.72 Å². The normalized spacial score (nSPS) is 15.0. The summed E-state index contributed by atoms with van der Waals surface area (Å²) in [5.74, 6) is 0.603. The van der Waals surface area contributed by atoms with Crippen LogP contribution >= 0.6 is 11.6 Å². The number of halogens is 1. The second-order valence-corrected chi connectivity index (χ2v) is 7.10. The van der Waals surface area contributed by atoms with Gasteiger partial charge in [-0.2, -0.15) is 0 Å². The quantitative estimate of drug-likeness (QED) is 0.892. The molecule has 1 N–H and O–H groups in total. The number of amides is 1. The average molecular weight is 333 g/mol.